The summed E-state index contributed by atoms with van der Waals surface area (Å²) in [6, 6.07) is 3.68. The van der Waals surface area contributed by atoms with Crippen molar-refractivity contribution in [2.45, 2.75) is 0 Å². The lowest BCUT2D eigenvalue weighted by molar-refractivity contribution is 0.0179. The van der Waals surface area contributed by atoms with Gasteiger partial charge in [-0.25, -0.2) is 4.98 Å². The molecule has 0 atom stereocenters. The zero-order chi connectivity index (χ0) is 13.1. The van der Waals surface area contributed by atoms with Crippen LogP contribution in [-0.2, 0) is 14.2 Å². The van der Waals surface area contributed by atoms with E-state index in [0.29, 0.717) is 44.2 Å². The number of halogens is 1. The van der Waals surface area contributed by atoms with Crippen LogP contribution in [0.3, 0.4) is 0 Å². The summed E-state index contributed by atoms with van der Waals surface area (Å²) < 4.78 is 21.6. The first-order valence-corrected chi connectivity index (χ1v) is 6.51. The first-order valence-electron chi connectivity index (χ1n) is 5.72. The van der Waals surface area contributed by atoms with Gasteiger partial charge in [0.1, 0.15) is 11.2 Å². The first-order chi connectivity index (χ1) is 8.84. The van der Waals surface area contributed by atoms with E-state index in [1.165, 1.54) is 0 Å². The molecule has 1 aromatic heterocycles. The highest BCUT2D eigenvalue weighted by Crippen LogP contribution is 2.20. The molecule has 0 unspecified atom stereocenters. The van der Waals surface area contributed by atoms with Crippen molar-refractivity contribution in [3.05, 3.63) is 22.9 Å². The Hall–Kier alpha value is -0.690. The Morgan fingerprint density at radius 2 is 1.72 bits per heavy atom. The average Bonchev–Trinajstić information content (AvgIpc) is 2.39. The summed E-state index contributed by atoms with van der Waals surface area (Å²) in [4.78, 5) is 4.05. The molecule has 0 aromatic carbocycles. The number of methoxy groups -OCH3 is 1. The summed E-state index contributed by atoms with van der Waals surface area (Å²) in [5.41, 5.74) is 0. The van der Waals surface area contributed by atoms with Crippen LogP contribution in [0.2, 0.25) is 0 Å². The predicted molar refractivity (Wildman–Crippen MR) is 70.9 cm³/mol. The van der Waals surface area contributed by atoms with E-state index in [0.717, 1.165) is 5.75 Å². The summed E-state index contributed by atoms with van der Waals surface area (Å²) in [6.45, 7) is 3.34. The summed E-state index contributed by atoms with van der Waals surface area (Å²) in [5.74, 6) is 0.720. The largest absolute Gasteiger partial charge is 0.488 e. The van der Waals surface area contributed by atoms with Gasteiger partial charge >= 0.3 is 0 Å². The Balaban J connectivity index is 1.94. The van der Waals surface area contributed by atoms with E-state index >= 15 is 0 Å². The second-order valence-corrected chi connectivity index (χ2v) is 4.11. The molecule has 0 aliphatic rings. The van der Waals surface area contributed by atoms with E-state index in [-0.39, 0.29) is 0 Å². The lowest BCUT2D eigenvalue weighted by atomic mass is 10.5. The summed E-state index contributed by atoms with van der Waals surface area (Å²) in [6.07, 6.45) is 1.70. The number of nitrogens with zero attached hydrogens (tertiary/aromatic N) is 1. The van der Waals surface area contributed by atoms with Crippen LogP contribution >= 0.6 is 15.9 Å². The number of hydrogen-bond donors (Lipinski definition) is 0. The Kier molecular flexibility index (Phi) is 8.75. The maximum atomic E-state index is 5.49. The number of ether oxygens (including phenoxy) is 4. The van der Waals surface area contributed by atoms with Crippen LogP contribution < -0.4 is 4.74 Å². The highest BCUT2D eigenvalue weighted by Gasteiger charge is 1.99. The fourth-order valence-corrected chi connectivity index (χ4v) is 1.52. The zero-order valence-electron chi connectivity index (χ0n) is 10.4. The maximum Gasteiger partial charge on any atom is 0.152 e. The fourth-order valence-electron chi connectivity index (χ4n) is 1.15. The van der Waals surface area contributed by atoms with Crippen molar-refractivity contribution < 1.29 is 18.9 Å². The van der Waals surface area contributed by atoms with Crippen LogP contribution in [0.5, 0.6) is 5.75 Å². The highest BCUT2D eigenvalue weighted by molar-refractivity contribution is 9.10. The molecule has 0 radical (unpaired) electrons. The van der Waals surface area contributed by atoms with Crippen molar-refractivity contribution in [1.29, 1.82) is 0 Å². The van der Waals surface area contributed by atoms with Gasteiger partial charge in [0.2, 0.25) is 0 Å². The van der Waals surface area contributed by atoms with Crippen LogP contribution in [0.1, 0.15) is 0 Å². The molecular weight excluding hydrogens is 302 g/mol. The minimum absolute atomic E-state index is 0.488. The molecule has 18 heavy (non-hydrogen) atoms. The molecule has 0 saturated heterocycles. The Bertz CT molecular complexity index is 325. The Labute approximate surface area is 116 Å². The smallest absolute Gasteiger partial charge is 0.152 e. The van der Waals surface area contributed by atoms with Crippen molar-refractivity contribution >= 4 is 15.9 Å². The number of pyridine rings is 1. The molecule has 102 valence electrons. The van der Waals surface area contributed by atoms with E-state index in [1.807, 2.05) is 12.1 Å². The molecule has 0 amide bonds. The average molecular weight is 320 g/mol. The van der Waals surface area contributed by atoms with E-state index in [9.17, 15) is 0 Å². The second kappa shape index (κ2) is 10.3. The van der Waals surface area contributed by atoms with Crippen molar-refractivity contribution in [3.63, 3.8) is 0 Å². The van der Waals surface area contributed by atoms with E-state index in [4.69, 9.17) is 18.9 Å². The molecule has 0 aliphatic heterocycles. The Morgan fingerprint density at radius 3 is 2.39 bits per heavy atom. The van der Waals surface area contributed by atoms with Gasteiger partial charge in [0, 0.05) is 13.3 Å². The summed E-state index contributed by atoms with van der Waals surface area (Å²) in [7, 11) is 1.65. The molecule has 0 saturated carbocycles. The van der Waals surface area contributed by atoms with Gasteiger partial charge in [-0.05, 0) is 28.1 Å². The molecule has 1 heterocycles. The molecule has 0 spiro atoms. The standard InChI is InChI=1S/C12H18BrNO4/c1-15-5-6-16-7-8-17-9-10-18-11-3-2-4-14-12(11)13/h2-4H,5-10H2,1H3. The Morgan fingerprint density at radius 1 is 1.06 bits per heavy atom. The van der Waals surface area contributed by atoms with Crippen molar-refractivity contribution in [3.8, 4) is 5.75 Å². The van der Waals surface area contributed by atoms with E-state index in [1.54, 1.807) is 13.3 Å². The molecule has 1 rings (SSSR count). The third kappa shape index (κ3) is 6.90. The molecule has 0 aliphatic carbocycles. The molecule has 6 heteroatoms. The summed E-state index contributed by atoms with van der Waals surface area (Å²) in [5, 5.41) is 0. The van der Waals surface area contributed by atoms with Crippen molar-refractivity contribution in [1.82, 2.24) is 4.98 Å². The monoisotopic (exact) mass is 319 g/mol. The lowest BCUT2D eigenvalue weighted by Gasteiger charge is -2.08. The lowest BCUT2D eigenvalue weighted by Crippen LogP contribution is -2.12. The number of aromatic nitrogens is 1. The normalized spacial score (nSPS) is 10.6. The third-order valence-electron chi connectivity index (χ3n) is 2.01. The molecule has 5 nitrogen and oxygen atoms in total. The predicted octanol–water partition coefficient (Wildman–Crippen LogP) is 1.90. The summed E-state index contributed by atoms with van der Waals surface area (Å²) >= 11 is 3.31. The van der Waals surface area contributed by atoms with Gasteiger partial charge in [-0.3, -0.25) is 0 Å². The van der Waals surface area contributed by atoms with Crippen LogP contribution in [0.15, 0.2) is 22.9 Å². The zero-order valence-corrected chi connectivity index (χ0v) is 12.0. The topological polar surface area (TPSA) is 49.8 Å². The molecule has 0 N–H and O–H groups in total. The SMILES string of the molecule is COCCOCCOCCOc1cccnc1Br. The molecule has 0 fully saturated rings. The molecule has 1 aromatic rings. The minimum Gasteiger partial charge on any atom is -0.488 e. The highest BCUT2D eigenvalue weighted by atomic mass is 79.9. The first kappa shape index (κ1) is 15.4. The molecular formula is C12H18BrNO4. The van der Waals surface area contributed by atoms with Crippen LogP contribution in [-0.4, -0.2) is 51.7 Å². The minimum atomic E-state index is 0.488. The third-order valence-corrected chi connectivity index (χ3v) is 2.61. The van der Waals surface area contributed by atoms with Gasteiger partial charge in [-0.2, -0.15) is 0 Å². The second-order valence-electron chi connectivity index (χ2n) is 3.36. The van der Waals surface area contributed by atoms with Crippen molar-refractivity contribution in [2.75, 3.05) is 46.8 Å². The quantitative estimate of drug-likeness (QED) is 0.487. The van der Waals surface area contributed by atoms with Gasteiger partial charge in [-0.15, -0.1) is 0 Å². The maximum absolute atomic E-state index is 5.49. The van der Waals surface area contributed by atoms with Crippen molar-refractivity contribution in [2.24, 2.45) is 0 Å². The van der Waals surface area contributed by atoms with Gasteiger partial charge in [0.05, 0.1) is 33.0 Å². The van der Waals surface area contributed by atoms with Gasteiger partial charge < -0.3 is 18.9 Å². The van der Waals surface area contributed by atoms with Crippen LogP contribution in [0.4, 0.5) is 0 Å². The van der Waals surface area contributed by atoms with Gasteiger partial charge in [0.25, 0.3) is 0 Å². The van der Waals surface area contributed by atoms with Gasteiger partial charge in [-0.1, -0.05) is 0 Å². The fraction of sp³-hybridized carbons (Fsp3) is 0.583. The van der Waals surface area contributed by atoms with Gasteiger partial charge in [0.15, 0.2) is 5.75 Å². The van der Waals surface area contributed by atoms with Crippen LogP contribution in [0, 0.1) is 0 Å². The number of hydrogen-bond acceptors (Lipinski definition) is 5. The van der Waals surface area contributed by atoms with Crippen LogP contribution in [0.25, 0.3) is 0 Å². The molecule has 0 bridgehead atoms. The van der Waals surface area contributed by atoms with E-state index in [2.05, 4.69) is 20.9 Å². The number of rotatable bonds is 10. The van der Waals surface area contributed by atoms with E-state index < -0.39 is 0 Å².